The molecule has 0 spiro atoms. The summed E-state index contributed by atoms with van der Waals surface area (Å²) in [5.41, 5.74) is 0.274. The monoisotopic (exact) mass is 265 g/mol. The molecule has 0 aliphatic carbocycles. The molecule has 0 aliphatic heterocycles. The maximum atomic E-state index is 9.38. The summed E-state index contributed by atoms with van der Waals surface area (Å²) in [6.07, 6.45) is 1.45. The number of anilines is 1. The molecule has 7 heteroatoms. The SMILES string of the molecule is Cc1cc(N(C)CC(C)(CO)CO)n2ncnc2n1. The summed E-state index contributed by atoms with van der Waals surface area (Å²) in [4.78, 5) is 10.3. The van der Waals surface area contributed by atoms with E-state index in [0.29, 0.717) is 12.3 Å². The number of fused-ring (bicyclic) bond motifs is 1. The molecule has 0 saturated carbocycles. The van der Waals surface area contributed by atoms with Gasteiger partial charge in [-0.25, -0.2) is 4.98 Å². The lowest BCUT2D eigenvalue weighted by atomic mass is 9.92. The third-order valence-corrected chi connectivity index (χ3v) is 3.13. The van der Waals surface area contributed by atoms with Crippen molar-refractivity contribution >= 4 is 11.6 Å². The Kier molecular flexibility index (Phi) is 3.68. The topological polar surface area (TPSA) is 86.8 Å². The highest BCUT2D eigenvalue weighted by atomic mass is 16.3. The van der Waals surface area contributed by atoms with E-state index in [4.69, 9.17) is 0 Å². The summed E-state index contributed by atoms with van der Waals surface area (Å²) in [5, 5.41) is 22.9. The highest BCUT2D eigenvalue weighted by molar-refractivity contribution is 5.46. The standard InChI is InChI=1S/C12H19N5O2/c1-9-4-10(17-11(15-9)13-8-14-17)16(3)5-12(2,6-18)7-19/h4,8,18-19H,5-7H2,1-3H3. The molecule has 2 heterocycles. The Balaban J connectivity index is 2.35. The normalized spacial score (nSPS) is 12.1. The van der Waals surface area contributed by atoms with Gasteiger partial charge in [-0.05, 0) is 6.92 Å². The zero-order valence-corrected chi connectivity index (χ0v) is 11.4. The second kappa shape index (κ2) is 5.10. The van der Waals surface area contributed by atoms with E-state index in [9.17, 15) is 10.2 Å². The van der Waals surface area contributed by atoms with Crippen molar-refractivity contribution in [3.05, 3.63) is 18.1 Å². The van der Waals surface area contributed by atoms with Gasteiger partial charge in [0.25, 0.3) is 5.78 Å². The van der Waals surface area contributed by atoms with E-state index < -0.39 is 5.41 Å². The Morgan fingerprint density at radius 3 is 2.68 bits per heavy atom. The van der Waals surface area contributed by atoms with Crippen LogP contribution in [0.2, 0.25) is 0 Å². The molecule has 0 unspecified atom stereocenters. The average Bonchev–Trinajstić information content (AvgIpc) is 2.85. The zero-order valence-electron chi connectivity index (χ0n) is 11.4. The van der Waals surface area contributed by atoms with Crippen molar-refractivity contribution in [2.45, 2.75) is 13.8 Å². The Morgan fingerprint density at radius 2 is 2.05 bits per heavy atom. The van der Waals surface area contributed by atoms with Gasteiger partial charge in [-0.3, -0.25) is 0 Å². The van der Waals surface area contributed by atoms with Gasteiger partial charge in [-0.2, -0.15) is 14.6 Å². The fraction of sp³-hybridized carbons (Fsp3) is 0.583. The Labute approximate surface area is 111 Å². The Morgan fingerprint density at radius 1 is 1.37 bits per heavy atom. The van der Waals surface area contributed by atoms with E-state index in [2.05, 4.69) is 15.1 Å². The number of hydrogen-bond acceptors (Lipinski definition) is 6. The molecular formula is C12H19N5O2. The average molecular weight is 265 g/mol. The smallest absolute Gasteiger partial charge is 0.254 e. The van der Waals surface area contributed by atoms with Crippen molar-refractivity contribution < 1.29 is 10.2 Å². The summed E-state index contributed by atoms with van der Waals surface area (Å²) >= 11 is 0. The molecule has 0 atom stereocenters. The maximum Gasteiger partial charge on any atom is 0.254 e. The molecule has 7 nitrogen and oxygen atoms in total. The summed E-state index contributed by atoms with van der Waals surface area (Å²) in [6.45, 7) is 4.05. The summed E-state index contributed by atoms with van der Waals surface area (Å²) in [7, 11) is 1.89. The van der Waals surface area contributed by atoms with Crippen LogP contribution in [0.15, 0.2) is 12.4 Å². The van der Waals surface area contributed by atoms with Crippen LogP contribution >= 0.6 is 0 Å². The minimum Gasteiger partial charge on any atom is -0.396 e. The van der Waals surface area contributed by atoms with Crippen molar-refractivity contribution in [2.75, 3.05) is 31.7 Å². The van der Waals surface area contributed by atoms with E-state index in [1.165, 1.54) is 6.33 Å². The largest absolute Gasteiger partial charge is 0.396 e. The second-order valence-electron chi connectivity index (χ2n) is 5.21. The third kappa shape index (κ3) is 2.66. The van der Waals surface area contributed by atoms with Crippen LogP contribution in [0.5, 0.6) is 0 Å². The van der Waals surface area contributed by atoms with E-state index in [-0.39, 0.29) is 13.2 Å². The van der Waals surface area contributed by atoms with Crippen LogP contribution < -0.4 is 4.90 Å². The number of aliphatic hydroxyl groups is 2. The Bertz CT molecular complexity index is 564. The fourth-order valence-electron chi connectivity index (χ4n) is 1.99. The highest BCUT2D eigenvalue weighted by Crippen LogP contribution is 2.21. The third-order valence-electron chi connectivity index (χ3n) is 3.13. The lowest BCUT2D eigenvalue weighted by Gasteiger charge is -2.31. The molecule has 2 aromatic rings. The van der Waals surface area contributed by atoms with Gasteiger partial charge in [0, 0.05) is 30.8 Å². The molecule has 2 N–H and O–H groups in total. The van der Waals surface area contributed by atoms with Gasteiger partial charge in [0.2, 0.25) is 0 Å². The van der Waals surface area contributed by atoms with E-state index >= 15 is 0 Å². The van der Waals surface area contributed by atoms with Crippen LogP contribution in [-0.4, -0.2) is 56.6 Å². The minimum atomic E-state index is -0.571. The lowest BCUT2D eigenvalue weighted by molar-refractivity contribution is 0.0761. The van der Waals surface area contributed by atoms with Gasteiger partial charge in [-0.15, -0.1) is 0 Å². The van der Waals surface area contributed by atoms with Crippen LogP contribution in [0.1, 0.15) is 12.6 Å². The minimum absolute atomic E-state index is 0.0849. The number of hydrogen-bond donors (Lipinski definition) is 2. The van der Waals surface area contributed by atoms with E-state index in [1.807, 2.05) is 31.9 Å². The van der Waals surface area contributed by atoms with Crippen molar-refractivity contribution in [1.29, 1.82) is 0 Å². The van der Waals surface area contributed by atoms with Gasteiger partial charge in [-0.1, -0.05) is 6.92 Å². The number of aryl methyl sites for hydroxylation is 1. The molecule has 0 amide bonds. The van der Waals surface area contributed by atoms with Crippen LogP contribution in [0.25, 0.3) is 5.78 Å². The molecule has 0 bridgehead atoms. The molecule has 2 rings (SSSR count). The maximum absolute atomic E-state index is 9.38. The molecule has 0 fully saturated rings. The number of aliphatic hydroxyl groups excluding tert-OH is 2. The van der Waals surface area contributed by atoms with Gasteiger partial charge >= 0.3 is 0 Å². The van der Waals surface area contributed by atoms with E-state index in [1.54, 1.807) is 4.52 Å². The van der Waals surface area contributed by atoms with Crippen LogP contribution in [0, 0.1) is 12.3 Å². The Hall–Kier alpha value is -1.73. The molecule has 0 aliphatic rings. The summed E-state index contributed by atoms with van der Waals surface area (Å²) < 4.78 is 1.64. The molecule has 19 heavy (non-hydrogen) atoms. The summed E-state index contributed by atoms with van der Waals surface area (Å²) in [5.74, 6) is 1.37. The molecule has 0 radical (unpaired) electrons. The van der Waals surface area contributed by atoms with Gasteiger partial charge < -0.3 is 15.1 Å². The molecule has 104 valence electrons. The number of rotatable bonds is 5. The van der Waals surface area contributed by atoms with E-state index in [0.717, 1.165) is 11.5 Å². The van der Waals surface area contributed by atoms with Crippen molar-refractivity contribution in [1.82, 2.24) is 19.6 Å². The van der Waals surface area contributed by atoms with Gasteiger partial charge in [0.1, 0.15) is 12.1 Å². The van der Waals surface area contributed by atoms with Crippen LogP contribution in [0.4, 0.5) is 5.82 Å². The van der Waals surface area contributed by atoms with Crippen molar-refractivity contribution in [2.24, 2.45) is 5.41 Å². The van der Waals surface area contributed by atoms with Crippen molar-refractivity contribution in [3.8, 4) is 0 Å². The molecule has 0 aromatic carbocycles. The van der Waals surface area contributed by atoms with Gasteiger partial charge in [0.15, 0.2) is 0 Å². The first-order valence-electron chi connectivity index (χ1n) is 6.09. The summed E-state index contributed by atoms with van der Waals surface area (Å²) in [6, 6.07) is 1.90. The van der Waals surface area contributed by atoms with Crippen LogP contribution in [0.3, 0.4) is 0 Å². The first-order chi connectivity index (χ1) is 8.99. The molecule has 2 aromatic heterocycles. The van der Waals surface area contributed by atoms with Crippen LogP contribution in [-0.2, 0) is 0 Å². The number of aromatic nitrogens is 4. The highest BCUT2D eigenvalue weighted by Gasteiger charge is 2.25. The van der Waals surface area contributed by atoms with Crippen molar-refractivity contribution in [3.63, 3.8) is 0 Å². The fourth-order valence-corrected chi connectivity index (χ4v) is 1.99. The lowest BCUT2D eigenvalue weighted by Crippen LogP contribution is -2.39. The van der Waals surface area contributed by atoms with Gasteiger partial charge in [0.05, 0.1) is 13.2 Å². The first kappa shape index (κ1) is 13.7. The molecular weight excluding hydrogens is 246 g/mol. The number of nitrogens with zero attached hydrogens (tertiary/aromatic N) is 5. The zero-order chi connectivity index (χ0) is 14.0. The predicted octanol–water partition coefficient (Wildman–Crippen LogP) is -0.140. The predicted molar refractivity (Wildman–Crippen MR) is 71.1 cm³/mol. The molecule has 0 saturated heterocycles. The first-order valence-corrected chi connectivity index (χ1v) is 6.09. The second-order valence-corrected chi connectivity index (χ2v) is 5.21. The quantitative estimate of drug-likeness (QED) is 0.782.